The maximum absolute atomic E-state index is 12.3. The molecule has 9 nitrogen and oxygen atoms in total. The van der Waals surface area contributed by atoms with E-state index in [9.17, 15) is 9.59 Å². The summed E-state index contributed by atoms with van der Waals surface area (Å²) in [5, 5.41) is 7.02. The lowest BCUT2D eigenvalue weighted by Gasteiger charge is -2.32. The third-order valence-corrected chi connectivity index (χ3v) is 4.29. The fourth-order valence-corrected chi connectivity index (χ4v) is 3.04. The molecule has 0 aliphatic carbocycles. The van der Waals surface area contributed by atoms with Gasteiger partial charge in [0.1, 0.15) is 6.33 Å². The number of urea groups is 1. The number of carbonyl (C=O) groups excluding carboxylic acids is 2. The highest BCUT2D eigenvalue weighted by molar-refractivity contribution is 5.88. The minimum Gasteiger partial charge on any atom is -0.376 e. The van der Waals surface area contributed by atoms with Gasteiger partial charge in [-0.3, -0.25) is 4.79 Å². The average Bonchev–Trinajstić information content (AvgIpc) is 3.24. The van der Waals surface area contributed by atoms with Crippen LogP contribution in [0.1, 0.15) is 42.3 Å². The van der Waals surface area contributed by atoms with Crippen LogP contribution in [0.25, 0.3) is 0 Å². The summed E-state index contributed by atoms with van der Waals surface area (Å²) in [7, 11) is 0. The number of rotatable bonds is 4. The zero-order valence-electron chi connectivity index (χ0n) is 13.0. The van der Waals surface area contributed by atoms with Gasteiger partial charge in [0, 0.05) is 26.2 Å². The molecule has 0 spiro atoms. The van der Waals surface area contributed by atoms with Crippen molar-refractivity contribution in [2.24, 2.45) is 5.73 Å². The number of amides is 3. The minimum absolute atomic E-state index is 0.00459. The third-order valence-electron chi connectivity index (χ3n) is 4.29. The van der Waals surface area contributed by atoms with E-state index < -0.39 is 5.91 Å². The zero-order valence-corrected chi connectivity index (χ0v) is 13.0. The van der Waals surface area contributed by atoms with Gasteiger partial charge in [-0.1, -0.05) is 0 Å². The van der Waals surface area contributed by atoms with Crippen molar-refractivity contribution in [2.75, 3.05) is 26.2 Å². The van der Waals surface area contributed by atoms with Crippen LogP contribution in [0.4, 0.5) is 4.79 Å². The lowest BCUT2D eigenvalue weighted by Crippen LogP contribution is -2.47. The monoisotopic (exact) mass is 322 g/mol. The van der Waals surface area contributed by atoms with Crippen molar-refractivity contribution in [3.63, 3.8) is 0 Å². The van der Waals surface area contributed by atoms with Crippen LogP contribution in [0.2, 0.25) is 0 Å². The Morgan fingerprint density at radius 3 is 2.96 bits per heavy atom. The molecule has 2 aliphatic rings. The van der Waals surface area contributed by atoms with Crippen LogP contribution >= 0.6 is 0 Å². The molecule has 2 aliphatic heterocycles. The Labute approximate surface area is 134 Å². The number of likely N-dealkylation sites (tertiary alicyclic amines) is 1. The van der Waals surface area contributed by atoms with E-state index in [1.54, 1.807) is 9.58 Å². The van der Waals surface area contributed by atoms with Crippen LogP contribution in [0.5, 0.6) is 0 Å². The van der Waals surface area contributed by atoms with E-state index in [2.05, 4.69) is 15.4 Å². The molecular formula is C14H22N6O3. The van der Waals surface area contributed by atoms with E-state index in [0.29, 0.717) is 19.6 Å². The number of primary amides is 1. The lowest BCUT2D eigenvalue weighted by atomic mass is 10.1. The van der Waals surface area contributed by atoms with Crippen LogP contribution in [-0.2, 0) is 4.74 Å². The summed E-state index contributed by atoms with van der Waals surface area (Å²) in [6.07, 6.45) is 5.45. The number of hydrogen-bond donors (Lipinski definition) is 2. The molecule has 2 atom stereocenters. The summed E-state index contributed by atoms with van der Waals surface area (Å²) in [6, 6.07) is -0.0710. The molecule has 3 heterocycles. The zero-order chi connectivity index (χ0) is 16.2. The number of nitrogens with one attached hydrogen (secondary N) is 1. The lowest BCUT2D eigenvalue weighted by molar-refractivity contribution is 0.0988. The van der Waals surface area contributed by atoms with Gasteiger partial charge in [-0.2, -0.15) is 0 Å². The van der Waals surface area contributed by atoms with Gasteiger partial charge in [0.25, 0.3) is 5.91 Å². The van der Waals surface area contributed by atoms with E-state index in [-0.39, 0.29) is 24.0 Å². The summed E-state index contributed by atoms with van der Waals surface area (Å²) in [6.45, 7) is 2.58. The van der Waals surface area contributed by atoms with Crippen LogP contribution in [0.3, 0.4) is 0 Å². The minimum atomic E-state index is -0.647. The maximum Gasteiger partial charge on any atom is 0.317 e. The molecule has 1 aromatic rings. The van der Waals surface area contributed by atoms with E-state index in [0.717, 1.165) is 32.3 Å². The topological polar surface area (TPSA) is 115 Å². The number of piperidine rings is 1. The van der Waals surface area contributed by atoms with Crippen molar-refractivity contribution < 1.29 is 14.3 Å². The van der Waals surface area contributed by atoms with Crippen LogP contribution < -0.4 is 11.1 Å². The predicted molar refractivity (Wildman–Crippen MR) is 80.8 cm³/mol. The summed E-state index contributed by atoms with van der Waals surface area (Å²) in [5.41, 5.74) is 5.17. The molecule has 0 radical (unpaired) electrons. The molecule has 0 saturated carbocycles. The second-order valence-electron chi connectivity index (χ2n) is 5.98. The smallest absolute Gasteiger partial charge is 0.317 e. The third kappa shape index (κ3) is 3.79. The summed E-state index contributed by atoms with van der Waals surface area (Å²) < 4.78 is 7.13. The molecule has 2 fully saturated rings. The molecule has 3 N–H and O–H groups in total. The summed E-state index contributed by atoms with van der Waals surface area (Å²) in [4.78, 5) is 29.0. The fraction of sp³-hybridized carbons (Fsp3) is 0.714. The van der Waals surface area contributed by atoms with Gasteiger partial charge in [-0.05, 0) is 25.7 Å². The van der Waals surface area contributed by atoms with Crippen molar-refractivity contribution in [2.45, 2.75) is 37.8 Å². The van der Waals surface area contributed by atoms with Gasteiger partial charge >= 0.3 is 6.03 Å². The number of aromatic nitrogens is 3. The van der Waals surface area contributed by atoms with Gasteiger partial charge in [0.15, 0.2) is 0 Å². The first-order chi connectivity index (χ1) is 11.1. The first-order valence-electron chi connectivity index (χ1n) is 7.99. The summed E-state index contributed by atoms with van der Waals surface area (Å²) >= 11 is 0. The number of ether oxygens (including phenoxy) is 1. The van der Waals surface area contributed by atoms with Crippen molar-refractivity contribution >= 4 is 11.9 Å². The highest BCUT2D eigenvalue weighted by atomic mass is 16.5. The standard InChI is InChI=1S/C14H22N6O3/c15-12(21)13-17-9-20(18-13)10-3-1-5-19(8-10)14(22)16-7-11-4-2-6-23-11/h9-11H,1-8H2,(H2,15,21)(H,16,22)/t10-,11-/m0/s1. The maximum atomic E-state index is 12.3. The quantitative estimate of drug-likeness (QED) is 0.803. The molecular weight excluding hydrogens is 300 g/mol. The molecule has 2 saturated heterocycles. The van der Waals surface area contributed by atoms with Gasteiger partial charge in [-0.15, -0.1) is 5.10 Å². The largest absolute Gasteiger partial charge is 0.376 e. The summed E-state index contributed by atoms with van der Waals surface area (Å²) in [5.74, 6) is -0.643. The Balaban J connectivity index is 1.54. The van der Waals surface area contributed by atoms with E-state index in [1.165, 1.54) is 6.33 Å². The molecule has 1 aromatic heterocycles. The van der Waals surface area contributed by atoms with Crippen LogP contribution in [-0.4, -0.2) is 63.9 Å². The molecule has 0 unspecified atom stereocenters. The number of carbonyl (C=O) groups is 2. The highest BCUT2D eigenvalue weighted by Crippen LogP contribution is 2.20. The SMILES string of the molecule is NC(=O)c1ncn([C@H]2CCCN(C(=O)NC[C@@H]3CCCO3)C2)n1. The van der Waals surface area contributed by atoms with E-state index in [4.69, 9.17) is 10.5 Å². The first-order valence-corrected chi connectivity index (χ1v) is 7.99. The Kier molecular flexibility index (Phi) is 4.75. The average molecular weight is 322 g/mol. The number of hydrogen-bond acceptors (Lipinski definition) is 5. The first kappa shape index (κ1) is 15.7. The molecule has 3 amide bonds. The molecule has 3 rings (SSSR count). The highest BCUT2D eigenvalue weighted by Gasteiger charge is 2.26. The molecule has 0 bridgehead atoms. The second-order valence-corrected chi connectivity index (χ2v) is 5.98. The van der Waals surface area contributed by atoms with Crippen LogP contribution in [0.15, 0.2) is 6.33 Å². The molecule has 9 heteroatoms. The van der Waals surface area contributed by atoms with Crippen molar-refractivity contribution in [3.8, 4) is 0 Å². The predicted octanol–water partition coefficient (Wildman–Crippen LogP) is -0.0975. The van der Waals surface area contributed by atoms with Crippen molar-refractivity contribution in [1.29, 1.82) is 0 Å². The Bertz CT molecular complexity index is 569. The van der Waals surface area contributed by atoms with E-state index in [1.807, 2.05) is 0 Å². The van der Waals surface area contributed by atoms with Gasteiger partial charge in [-0.25, -0.2) is 14.5 Å². The molecule has 0 aromatic carbocycles. The molecule has 23 heavy (non-hydrogen) atoms. The van der Waals surface area contributed by atoms with Gasteiger partial charge in [0.2, 0.25) is 5.82 Å². The number of nitrogens with two attached hydrogens (primary N) is 1. The normalized spacial score (nSPS) is 24.6. The van der Waals surface area contributed by atoms with Gasteiger partial charge in [0.05, 0.1) is 12.1 Å². The Morgan fingerprint density at radius 2 is 2.26 bits per heavy atom. The second kappa shape index (κ2) is 6.95. The Morgan fingerprint density at radius 1 is 1.39 bits per heavy atom. The van der Waals surface area contributed by atoms with Crippen LogP contribution in [0, 0.1) is 0 Å². The van der Waals surface area contributed by atoms with Crippen molar-refractivity contribution in [1.82, 2.24) is 25.0 Å². The van der Waals surface area contributed by atoms with Gasteiger partial charge < -0.3 is 20.7 Å². The number of nitrogens with zero attached hydrogens (tertiary/aromatic N) is 4. The van der Waals surface area contributed by atoms with Crippen molar-refractivity contribution in [3.05, 3.63) is 12.2 Å². The Hall–Kier alpha value is -2.16. The molecule has 126 valence electrons. The van der Waals surface area contributed by atoms with E-state index >= 15 is 0 Å². The fourth-order valence-electron chi connectivity index (χ4n) is 3.04.